The quantitative estimate of drug-likeness (QED) is 0.757. The first-order valence-electron chi connectivity index (χ1n) is 5.76. The van der Waals surface area contributed by atoms with Crippen molar-refractivity contribution in [2.24, 2.45) is 0 Å². The highest BCUT2D eigenvalue weighted by atomic mass is 79.9. The van der Waals surface area contributed by atoms with Crippen LogP contribution in [0.3, 0.4) is 0 Å². The average molecular weight is 363 g/mol. The number of carbonyl (C=O) groups is 1. The molecular formula is C14H10BrF3OS. The third kappa shape index (κ3) is 4.18. The molecule has 106 valence electrons. The molecule has 1 aromatic carbocycles. The van der Waals surface area contributed by atoms with Crippen molar-refractivity contribution in [3.63, 3.8) is 0 Å². The van der Waals surface area contributed by atoms with E-state index < -0.39 is 11.7 Å². The maximum Gasteiger partial charge on any atom is 0.416 e. The highest BCUT2D eigenvalue weighted by Gasteiger charge is 2.30. The zero-order valence-corrected chi connectivity index (χ0v) is 12.6. The molecule has 0 amide bonds. The number of hydrogen-bond donors (Lipinski definition) is 0. The van der Waals surface area contributed by atoms with E-state index in [1.54, 1.807) is 0 Å². The van der Waals surface area contributed by atoms with Crippen LogP contribution in [0.2, 0.25) is 0 Å². The Hall–Kier alpha value is -1.14. The Morgan fingerprint density at radius 2 is 1.90 bits per heavy atom. The van der Waals surface area contributed by atoms with Gasteiger partial charge in [-0.15, -0.1) is 11.3 Å². The molecule has 2 rings (SSSR count). The lowest BCUT2D eigenvalue weighted by Gasteiger charge is -2.08. The molecule has 1 aromatic heterocycles. The fraction of sp³-hybridized carbons (Fsp3) is 0.214. The summed E-state index contributed by atoms with van der Waals surface area (Å²) in [6.45, 7) is 0. The Morgan fingerprint density at radius 3 is 2.50 bits per heavy atom. The van der Waals surface area contributed by atoms with Gasteiger partial charge in [0.1, 0.15) is 5.78 Å². The molecule has 1 heterocycles. The van der Waals surface area contributed by atoms with E-state index in [2.05, 4.69) is 15.9 Å². The number of ketones is 1. The molecule has 0 aliphatic carbocycles. The lowest BCUT2D eigenvalue weighted by molar-refractivity contribution is -0.137. The second-order valence-corrected chi connectivity index (χ2v) is 6.84. The highest BCUT2D eigenvalue weighted by molar-refractivity contribution is 9.11. The minimum atomic E-state index is -4.38. The predicted octanol–water partition coefficient (Wildman–Crippen LogP) is 4.88. The molecule has 0 fully saturated rings. The Balaban J connectivity index is 2.04. The van der Waals surface area contributed by atoms with E-state index in [-0.39, 0.29) is 18.6 Å². The van der Waals surface area contributed by atoms with Crippen LogP contribution in [0.4, 0.5) is 13.2 Å². The summed E-state index contributed by atoms with van der Waals surface area (Å²) in [4.78, 5) is 12.8. The summed E-state index contributed by atoms with van der Waals surface area (Å²) in [6.07, 6.45) is -4.12. The number of alkyl halides is 3. The predicted molar refractivity (Wildman–Crippen MR) is 75.9 cm³/mol. The molecule has 0 saturated heterocycles. The number of rotatable bonds is 4. The number of benzene rings is 1. The maximum absolute atomic E-state index is 12.6. The van der Waals surface area contributed by atoms with Crippen LogP contribution in [0.1, 0.15) is 16.0 Å². The minimum absolute atomic E-state index is 0.0133. The standard InChI is InChI=1S/C14H10BrF3OS/c15-13-5-4-12(20-13)8-11(19)7-9-2-1-3-10(6-9)14(16,17)18/h1-6H,7-8H2. The van der Waals surface area contributed by atoms with Crippen molar-refractivity contribution in [2.75, 3.05) is 0 Å². The van der Waals surface area contributed by atoms with Crippen molar-refractivity contribution in [1.82, 2.24) is 0 Å². The summed E-state index contributed by atoms with van der Waals surface area (Å²) in [7, 11) is 0. The molecule has 20 heavy (non-hydrogen) atoms. The zero-order chi connectivity index (χ0) is 14.8. The molecule has 0 aliphatic heterocycles. The van der Waals surface area contributed by atoms with Crippen LogP contribution in [0, 0.1) is 0 Å². The van der Waals surface area contributed by atoms with E-state index in [1.807, 2.05) is 12.1 Å². The molecule has 0 unspecified atom stereocenters. The van der Waals surface area contributed by atoms with Crippen LogP contribution in [0.5, 0.6) is 0 Å². The van der Waals surface area contributed by atoms with Gasteiger partial charge >= 0.3 is 6.18 Å². The fourth-order valence-electron chi connectivity index (χ4n) is 1.79. The Kier molecular flexibility index (Phi) is 4.65. The van der Waals surface area contributed by atoms with Crippen molar-refractivity contribution < 1.29 is 18.0 Å². The van der Waals surface area contributed by atoms with Gasteiger partial charge in [0.2, 0.25) is 0 Å². The highest BCUT2D eigenvalue weighted by Crippen LogP contribution is 2.29. The molecule has 0 N–H and O–H groups in total. The monoisotopic (exact) mass is 362 g/mol. The SMILES string of the molecule is O=C(Cc1cccc(C(F)(F)F)c1)Cc1ccc(Br)s1. The van der Waals surface area contributed by atoms with E-state index in [4.69, 9.17) is 0 Å². The largest absolute Gasteiger partial charge is 0.416 e. The third-order valence-electron chi connectivity index (χ3n) is 2.66. The van der Waals surface area contributed by atoms with Gasteiger partial charge < -0.3 is 0 Å². The van der Waals surface area contributed by atoms with E-state index in [0.29, 0.717) is 5.56 Å². The Morgan fingerprint density at radius 1 is 1.15 bits per heavy atom. The lowest BCUT2D eigenvalue weighted by atomic mass is 10.0. The second-order valence-electron chi connectivity index (χ2n) is 4.30. The first-order valence-corrected chi connectivity index (χ1v) is 7.37. The molecule has 0 atom stereocenters. The van der Waals surface area contributed by atoms with Crippen LogP contribution >= 0.6 is 27.3 Å². The molecule has 0 aliphatic rings. The molecule has 0 radical (unpaired) electrons. The first-order chi connectivity index (χ1) is 9.34. The van der Waals surface area contributed by atoms with Crippen molar-refractivity contribution in [1.29, 1.82) is 0 Å². The van der Waals surface area contributed by atoms with Gasteiger partial charge in [-0.2, -0.15) is 13.2 Å². The Bertz CT molecular complexity index is 619. The average Bonchev–Trinajstić information content (AvgIpc) is 2.73. The summed E-state index contributed by atoms with van der Waals surface area (Å²) < 4.78 is 38.6. The maximum atomic E-state index is 12.6. The van der Waals surface area contributed by atoms with E-state index in [0.717, 1.165) is 20.8 Å². The number of Topliss-reactive ketones (excluding diaryl/α,β-unsaturated/α-hetero) is 1. The smallest absolute Gasteiger partial charge is 0.299 e. The lowest BCUT2D eigenvalue weighted by Crippen LogP contribution is -2.08. The van der Waals surface area contributed by atoms with Crippen molar-refractivity contribution in [2.45, 2.75) is 19.0 Å². The van der Waals surface area contributed by atoms with Crippen LogP contribution in [-0.4, -0.2) is 5.78 Å². The number of thiophene rings is 1. The first kappa shape index (κ1) is 15.3. The summed E-state index contributed by atoms with van der Waals surface area (Å²) >= 11 is 4.75. The molecule has 0 saturated carbocycles. The molecular weight excluding hydrogens is 353 g/mol. The van der Waals surface area contributed by atoms with Gasteiger partial charge in [-0.1, -0.05) is 18.2 Å². The van der Waals surface area contributed by atoms with Gasteiger partial charge in [-0.25, -0.2) is 0 Å². The van der Waals surface area contributed by atoms with Gasteiger partial charge in [-0.3, -0.25) is 4.79 Å². The molecule has 2 aromatic rings. The molecule has 1 nitrogen and oxygen atoms in total. The number of hydrogen-bond acceptors (Lipinski definition) is 2. The number of halogens is 4. The van der Waals surface area contributed by atoms with Gasteiger partial charge in [0.05, 0.1) is 9.35 Å². The van der Waals surface area contributed by atoms with Gasteiger partial charge in [0, 0.05) is 17.7 Å². The molecule has 6 heteroatoms. The summed E-state index contributed by atoms with van der Waals surface area (Å²) in [5.41, 5.74) is -0.331. The van der Waals surface area contributed by atoms with Gasteiger partial charge in [0.15, 0.2) is 0 Å². The van der Waals surface area contributed by atoms with E-state index >= 15 is 0 Å². The van der Waals surface area contributed by atoms with Crippen LogP contribution < -0.4 is 0 Å². The van der Waals surface area contributed by atoms with Crippen molar-refractivity contribution in [3.05, 3.63) is 56.2 Å². The fourth-order valence-corrected chi connectivity index (χ4v) is 3.30. The second kappa shape index (κ2) is 6.10. The van der Waals surface area contributed by atoms with Gasteiger partial charge in [-0.05, 0) is 39.7 Å². The topological polar surface area (TPSA) is 17.1 Å². The summed E-state index contributed by atoms with van der Waals surface area (Å²) in [5.74, 6) is -0.0984. The van der Waals surface area contributed by atoms with Crippen molar-refractivity contribution >= 4 is 33.0 Å². The van der Waals surface area contributed by atoms with Crippen LogP contribution in [-0.2, 0) is 23.8 Å². The van der Waals surface area contributed by atoms with Gasteiger partial charge in [0.25, 0.3) is 0 Å². The van der Waals surface area contributed by atoms with Crippen LogP contribution in [0.25, 0.3) is 0 Å². The minimum Gasteiger partial charge on any atom is -0.299 e. The zero-order valence-electron chi connectivity index (χ0n) is 10.2. The third-order valence-corrected chi connectivity index (χ3v) is 4.28. The number of carbonyl (C=O) groups excluding carboxylic acids is 1. The summed E-state index contributed by atoms with van der Waals surface area (Å²) in [5, 5.41) is 0. The normalized spacial score (nSPS) is 11.6. The summed E-state index contributed by atoms with van der Waals surface area (Å²) in [6, 6.07) is 8.58. The molecule has 0 bridgehead atoms. The van der Waals surface area contributed by atoms with E-state index in [9.17, 15) is 18.0 Å². The van der Waals surface area contributed by atoms with Crippen molar-refractivity contribution in [3.8, 4) is 0 Å². The van der Waals surface area contributed by atoms with Crippen LogP contribution in [0.15, 0.2) is 40.2 Å². The van der Waals surface area contributed by atoms with E-state index in [1.165, 1.54) is 23.5 Å². The molecule has 0 spiro atoms. The Labute approximate surface area is 126 Å².